The second-order valence-corrected chi connectivity index (χ2v) is 15.1. The highest BCUT2D eigenvalue weighted by atomic mass is 16.7. The Balaban J connectivity index is 1.59. The minimum Gasteiger partial charge on any atom is -0.463 e. The Hall–Kier alpha value is -1.99. The average molecular weight is 647 g/mol. The van der Waals surface area contributed by atoms with Gasteiger partial charge < -0.3 is 29.0 Å². The normalized spacial score (nSPS) is 37.6. The molecule has 0 amide bonds. The molecule has 3 fully saturated rings. The van der Waals surface area contributed by atoms with Gasteiger partial charge in [0, 0.05) is 63.4 Å². The van der Waals surface area contributed by atoms with Crippen molar-refractivity contribution < 1.29 is 33.6 Å². The first-order valence-electron chi connectivity index (χ1n) is 16.8. The fraction of sp³-hybridized carbons (Fsp3) is 0.800. The number of hydrogen-bond acceptors (Lipinski definition) is 11. The summed E-state index contributed by atoms with van der Waals surface area (Å²) < 4.78 is 25.0. The van der Waals surface area contributed by atoms with E-state index in [9.17, 15) is 14.7 Å². The SMILES string of the molecule is CO[C@]1(C)C[C@@H](C)CN(C)[C@H](C2CN(Cc3ccccn3)C2)COC(=O)C(C)(C)C(=O)[C@H](C)[C@H]1O[C@@H]1O[C@H](C)C[C@H](N(C)C)[C@H]1O. The third kappa shape index (κ3) is 8.17. The molecule has 0 aliphatic carbocycles. The molecule has 4 rings (SSSR count). The van der Waals surface area contributed by atoms with Crippen molar-refractivity contribution in [2.24, 2.45) is 23.2 Å². The number of aromatic nitrogens is 1. The molecule has 11 heteroatoms. The first-order valence-corrected chi connectivity index (χ1v) is 16.8. The molecular formula is C35H58N4O7. The van der Waals surface area contributed by atoms with Crippen molar-refractivity contribution in [1.29, 1.82) is 0 Å². The van der Waals surface area contributed by atoms with Crippen LogP contribution >= 0.6 is 0 Å². The van der Waals surface area contributed by atoms with Gasteiger partial charge in [-0.2, -0.15) is 0 Å². The van der Waals surface area contributed by atoms with Gasteiger partial charge in [0.1, 0.15) is 18.1 Å². The molecule has 1 aromatic heterocycles. The lowest BCUT2D eigenvalue weighted by atomic mass is 9.74. The zero-order chi connectivity index (χ0) is 34.0. The highest BCUT2D eigenvalue weighted by molar-refractivity contribution is 6.04. The standard InChI is InChI=1S/C35H58N4O7/c1-22-16-35(6,43-10)31(46-32-29(40)27(37(7)8)15-23(2)45-32)24(3)30(41)34(4,5)33(42)44-21-28(38(9)17-22)25-18-39(19-25)20-26-13-11-12-14-36-26/h11-14,22-25,27-29,31-32,40H,15-21H2,1-10H3/t22-,23-,24+,27+,28+,29-,31-,32+,35-/m1/s1. The van der Waals surface area contributed by atoms with Crippen molar-refractivity contribution in [3.8, 4) is 0 Å². The second-order valence-electron chi connectivity index (χ2n) is 15.1. The number of esters is 1. The summed E-state index contributed by atoms with van der Waals surface area (Å²) in [5, 5.41) is 11.3. The zero-order valence-electron chi connectivity index (χ0n) is 29.6. The fourth-order valence-corrected chi connectivity index (χ4v) is 7.76. The van der Waals surface area contributed by atoms with Crippen LogP contribution in [0.1, 0.15) is 60.1 Å². The number of ether oxygens (including phenoxy) is 4. The molecule has 0 spiro atoms. The van der Waals surface area contributed by atoms with Crippen LogP contribution in [0, 0.1) is 23.2 Å². The number of nitrogens with zero attached hydrogens (tertiary/aromatic N) is 4. The van der Waals surface area contributed by atoms with Crippen LogP contribution in [-0.4, -0.2) is 133 Å². The molecule has 0 aromatic carbocycles. The molecule has 3 aliphatic rings. The molecule has 0 bridgehead atoms. The molecule has 9 atom stereocenters. The molecule has 11 nitrogen and oxygen atoms in total. The van der Waals surface area contributed by atoms with Crippen molar-refractivity contribution in [1.82, 2.24) is 19.7 Å². The summed E-state index contributed by atoms with van der Waals surface area (Å²) in [6.45, 7) is 14.6. The van der Waals surface area contributed by atoms with E-state index >= 15 is 0 Å². The van der Waals surface area contributed by atoms with Gasteiger partial charge in [0.25, 0.3) is 0 Å². The highest BCUT2D eigenvalue weighted by Crippen LogP contribution is 2.38. The van der Waals surface area contributed by atoms with E-state index in [-0.39, 0.29) is 36.5 Å². The molecule has 0 unspecified atom stereocenters. The number of likely N-dealkylation sites (N-methyl/N-ethyl adjacent to an activating group) is 2. The Morgan fingerprint density at radius 3 is 2.41 bits per heavy atom. The number of pyridine rings is 1. The number of aliphatic hydroxyl groups is 1. The lowest BCUT2D eigenvalue weighted by Crippen LogP contribution is -2.59. The smallest absolute Gasteiger partial charge is 0.319 e. The van der Waals surface area contributed by atoms with Crippen LogP contribution in [0.25, 0.3) is 0 Å². The maximum Gasteiger partial charge on any atom is 0.319 e. The highest BCUT2D eigenvalue weighted by Gasteiger charge is 2.52. The van der Waals surface area contributed by atoms with Crippen LogP contribution in [0.4, 0.5) is 0 Å². The van der Waals surface area contributed by atoms with E-state index in [1.54, 1.807) is 27.9 Å². The predicted molar refractivity (Wildman–Crippen MR) is 175 cm³/mol. The Morgan fingerprint density at radius 1 is 1.11 bits per heavy atom. The van der Waals surface area contributed by atoms with Crippen molar-refractivity contribution in [2.45, 2.75) is 103 Å². The van der Waals surface area contributed by atoms with Crippen molar-refractivity contribution >= 4 is 11.8 Å². The van der Waals surface area contributed by atoms with E-state index in [0.29, 0.717) is 18.8 Å². The topological polar surface area (TPSA) is 114 Å². The average Bonchev–Trinajstić information content (AvgIpc) is 2.98. The maximum absolute atomic E-state index is 14.2. The van der Waals surface area contributed by atoms with Crippen LogP contribution in [0.15, 0.2) is 24.4 Å². The van der Waals surface area contributed by atoms with Gasteiger partial charge in [0.15, 0.2) is 12.1 Å². The molecule has 1 N–H and O–H groups in total. The molecule has 4 heterocycles. The summed E-state index contributed by atoms with van der Waals surface area (Å²) in [4.78, 5) is 39.0. The van der Waals surface area contributed by atoms with Gasteiger partial charge >= 0.3 is 5.97 Å². The number of aliphatic hydroxyl groups excluding tert-OH is 1. The Kier molecular flexibility index (Phi) is 12.1. The lowest BCUT2D eigenvalue weighted by Gasteiger charge is -2.47. The molecule has 1 aromatic rings. The van der Waals surface area contributed by atoms with Crippen LogP contribution in [0.3, 0.4) is 0 Å². The van der Waals surface area contributed by atoms with Gasteiger partial charge in [-0.25, -0.2) is 0 Å². The van der Waals surface area contributed by atoms with Crippen LogP contribution in [0.5, 0.6) is 0 Å². The fourth-order valence-electron chi connectivity index (χ4n) is 7.76. The largest absolute Gasteiger partial charge is 0.463 e. The first kappa shape index (κ1) is 36.8. The minimum atomic E-state index is -1.42. The summed E-state index contributed by atoms with van der Waals surface area (Å²) in [6.07, 6.45) is 0.200. The zero-order valence-corrected chi connectivity index (χ0v) is 29.6. The van der Waals surface area contributed by atoms with E-state index in [0.717, 1.165) is 31.9 Å². The Labute approximate surface area is 275 Å². The number of ketones is 1. The molecule has 0 saturated carbocycles. The summed E-state index contributed by atoms with van der Waals surface area (Å²) in [5.74, 6) is -1.15. The van der Waals surface area contributed by atoms with Crippen LogP contribution < -0.4 is 0 Å². The number of methoxy groups -OCH3 is 1. The second kappa shape index (κ2) is 15.1. The van der Waals surface area contributed by atoms with Gasteiger partial charge in [0.05, 0.1) is 23.5 Å². The quantitative estimate of drug-likeness (QED) is 0.349. The van der Waals surface area contributed by atoms with Gasteiger partial charge in [-0.3, -0.25) is 24.4 Å². The van der Waals surface area contributed by atoms with Crippen LogP contribution in [-0.2, 0) is 35.1 Å². The summed E-state index contributed by atoms with van der Waals surface area (Å²) in [6, 6.07) is 5.78. The van der Waals surface area contributed by atoms with E-state index in [1.807, 2.05) is 57.2 Å². The maximum atomic E-state index is 14.2. The van der Waals surface area contributed by atoms with Crippen molar-refractivity contribution in [3.63, 3.8) is 0 Å². The number of rotatable bonds is 7. The van der Waals surface area contributed by atoms with Crippen molar-refractivity contribution in [2.75, 3.05) is 54.5 Å². The van der Waals surface area contributed by atoms with Gasteiger partial charge in [-0.1, -0.05) is 19.9 Å². The lowest BCUT2D eigenvalue weighted by molar-refractivity contribution is -0.295. The van der Waals surface area contributed by atoms with E-state index in [1.165, 1.54) is 0 Å². The van der Waals surface area contributed by atoms with Gasteiger partial charge in [-0.05, 0) is 79.7 Å². The third-order valence-electron chi connectivity index (χ3n) is 10.6. The number of likely N-dealkylation sites (tertiary alicyclic amines) is 1. The van der Waals surface area contributed by atoms with E-state index < -0.39 is 41.4 Å². The number of carbonyl (C=O) groups is 2. The Bertz CT molecular complexity index is 1160. The van der Waals surface area contributed by atoms with Crippen LogP contribution in [0.2, 0.25) is 0 Å². The van der Waals surface area contributed by atoms with Gasteiger partial charge in [0.2, 0.25) is 0 Å². The molecule has 0 radical (unpaired) electrons. The minimum absolute atomic E-state index is 0.00782. The summed E-state index contributed by atoms with van der Waals surface area (Å²) in [5.41, 5.74) is -1.31. The third-order valence-corrected chi connectivity index (χ3v) is 10.6. The molecule has 46 heavy (non-hydrogen) atoms. The molecule has 260 valence electrons. The Morgan fingerprint density at radius 2 is 1.80 bits per heavy atom. The number of hydrogen-bond donors (Lipinski definition) is 1. The predicted octanol–water partition coefficient (Wildman–Crippen LogP) is 2.84. The summed E-state index contributed by atoms with van der Waals surface area (Å²) >= 11 is 0. The first-order chi connectivity index (χ1) is 21.6. The number of carbonyl (C=O) groups excluding carboxylic acids is 2. The van der Waals surface area contributed by atoms with E-state index in [2.05, 4.69) is 28.8 Å². The monoisotopic (exact) mass is 646 g/mol. The number of cyclic esters (lactones) is 1. The van der Waals surface area contributed by atoms with Gasteiger partial charge in [-0.15, -0.1) is 0 Å². The summed E-state index contributed by atoms with van der Waals surface area (Å²) in [7, 11) is 7.57. The molecule has 3 aliphatic heterocycles. The molecular weight excluding hydrogens is 588 g/mol. The van der Waals surface area contributed by atoms with Crippen molar-refractivity contribution in [3.05, 3.63) is 30.1 Å². The number of Topliss-reactive ketones (excluding diaryl/α,β-unsaturated/α-hetero) is 1. The molecule has 3 saturated heterocycles. The van der Waals surface area contributed by atoms with E-state index in [4.69, 9.17) is 18.9 Å².